The molecule has 2 aliphatic rings. The van der Waals surface area contributed by atoms with Crippen LogP contribution < -0.4 is 0 Å². The fourth-order valence-corrected chi connectivity index (χ4v) is 3.38. The molecular formula is C17H26O. The molecule has 0 bridgehead atoms. The predicted molar refractivity (Wildman–Crippen MR) is 77.6 cm³/mol. The van der Waals surface area contributed by atoms with E-state index < -0.39 is 0 Å². The van der Waals surface area contributed by atoms with Crippen LogP contribution in [0.15, 0.2) is 35.5 Å². The molecule has 100 valence electrons. The van der Waals surface area contributed by atoms with Crippen molar-refractivity contribution in [1.82, 2.24) is 0 Å². The average molecular weight is 246 g/mol. The molecule has 1 aliphatic heterocycles. The van der Waals surface area contributed by atoms with Crippen molar-refractivity contribution in [3.05, 3.63) is 35.5 Å². The third-order valence-electron chi connectivity index (χ3n) is 4.52. The van der Waals surface area contributed by atoms with E-state index in [1.165, 1.54) is 54.4 Å². The summed E-state index contributed by atoms with van der Waals surface area (Å²) in [4.78, 5) is 0. The second-order valence-corrected chi connectivity index (χ2v) is 6.06. The highest BCUT2D eigenvalue weighted by atomic mass is 16.5. The highest BCUT2D eigenvalue weighted by molar-refractivity contribution is 5.47. The van der Waals surface area contributed by atoms with E-state index in [1.54, 1.807) is 0 Å². The molecule has 1 nitrogen and oxygen atoms in total. The van der Waals surface area contributed by atoms with Crippen LogP contribution in [0, 0.1) is 5.41 Å². The van der Waals surface area contributed by atoms with Gasteiger partial charge in [0.2, 0.25) is 0 Å². The minimum absolute atomic E-state index is 0.457. The molecule has 1 aliphatic carbocycles. The van der Waals surface area contributed by atoms with Crippen molar-refractivity contribution < 1.29 is 4.74 Å². The maximum atomic E-state index is 5.53. The van der Waals surface area contributed by atoms with Crippen molar-refractivity contribution in [3.63, 3.8) is 0 Å². The van der Waals surface area contributed by atoms with Gasteiger partial charge in [-0.2, -0.15) is 0 Å². The molecule has 18 heavy (non-hydrogen) atoms. The molecule has 0 aromatic heterocycles. The quantitative estimate of drug-likeness (QED) is 0.692. The molecular weight excluding hydrogens is 220 g/mol. The smallest absolute Gasteiger partial charge is 0.0471 e. The van der Waals surface area contributed by atoms with Gasteiger partial charge in [0.05, 0.1) is 0 Å². The lowest BCUT2D eigenvalue weighted by atomic mass is 9.76. The van der Waals surface area contributed by atoms with E-state index in [1.807, 2.05) is 0 Å². The summed E-state index contributed by atoms with van der Waals surface area (Å²) in [6.07, 6.45) is 7.11. The Morgan fingerprint density at radius 1 is 1.17 bits per heavy atom. The number of ether oxygens (including phenoxy) is 1. The Hall–Kier alpha value is -0.820. The van der Waals surface area contributed by atoms with E-state index >= 15 is 0 Å². The van der Waals surface area contributed by atoms with Gasteiger partial charge in [-0.1, -0.05) is 37.6 Å². The van der Waals surface area contributed by atoms with Gasteiger partial charge in [0.15, 0.2) is 0 Å². The molecule has 1 spiro atoms. The van der Waals surface area contributed by atoms with Crippen LogP contribution in [0.1, 0.15) is 52.4 Å². The zero-order chi connectivity index (χ0) is 13.2. The Morgan fingerprint density at radius 2 is 1.78 bits per heavy atom. The zero-order valence-corrected chi connectivity index (χ0v) is 12.0. The van der Waals surface area contributed by atoms with E-state index in [2.05, 4.69) is 27.0 Å². The lowest BCUT2D eigenvalue weighted by molar-refractivity contribution is 0.0198. The van der Waals surface area contributed by atoms with Crippen molar-refractivity contribution in [2.75, 3.05) is 13.2 Å². The summed E-state index contributed by atoms with van der Waals surface area (Å²) in [5, 5.41) is 0. The van der Waals surface area contributed by atoms with Crippen molar-refractivity contribution in [3.8, 4) is 0 Å². The van der Waals surface area contributed by atoms with E-state index in [0.29, 0.717) is 5.41 Å². The first-order chi connectivity index (χ1) is 8.58. The van der Waals surface area contributed by atoms with Gasteiger partial charge in [0.1, 0.15) is 0 Å². The van der Waals surface area contributed by atoms with Crippen LogP contribution in [-0.2, 0) is 4.74 Å². The molecule has 2 rings (SSSR count). The summed E-state index contributed by atoms with van der Waals surface area (Å²) in [6, 6.07) is 0. The maximum absolute atomic E-state index is 5.53. The van der Waals surface area contributed by atoms with Crippen LogP contribution in [0.5, 0.6) is 0 Å². The molecule has 1 heteroatoms. The highest BCUT2D eigenvalue weighted by Crippen LogP contribution is 2.52. The molecule has 0 aromatic rings. The van der Waals surface area contributed by atoms with Crippen LogP contribution in [0.2, 0.25) is 0 Å². The summed E-state index contributed by atoms with van der Waals surface area (Å²) >= 11 is 0. The monoisotopic (exact) mass is 246 g/mol. The van der Waals surface area contributed by atoms with Gasteiger partial charge in [0.25, 0.3) is 0 Å². The van der Waals surface area contributed by atoms with Gasteiger partial charge in [-0.25, -0.2) is 0 Å². The summed E-state index contributed by atoms with van der Waals surface area (Å²) in [6.45, 7) is 14.7. The van der Waals surface area contributed by atoms with Crippen molar-refractivity contribution in [2.24, 2.45) is 5.41 Å². The van der Waals surface area contributed by atoms with Gasteiger partial charge < -0.3 is 4.74 Å². The molecule has 0 radical (unpaired) electrons. The van der Waals surface area contributed by atoms with Gasteiger partial charge in [-0.15, -0.1) is 0 Å². The number of allylic oxidation sites excluding steroid dienone is 4. The maximum Gasteiger partial charge on any atom is 0.0471 e. The van der Waals surface area contributed by atoms with Gasteiger partial charge in [-0.05, 0) is 55.6 Å². The molecule has 0 amide bonds. The van der Waals surface area contributed by atoms with E-state index in [0.717, 1.165) is 19.6 Å². The fraction of sp³-hybridized carbons (Fsp3) is 0.647. The van der Waals surface area contributed by atoms with Crippen LogP contribution in [0.25, 0.3) is 0 Å². The highest BCUT2D eigenvalue weighted by Gasteiger charge is 2.40. The third kappa shape index (κ3) is 2.61. The van der Waals surface area contributed by atoms with Crippen LogP contribution in [-0.4, -0.2) is 13.2 Å². The Bertz CT molecular complexity index is 380. The first kappa shape index (κ1) is 13.6. The lowest BCUT2D eigenvalue weighted by Crippen LogP contribution is -2.27. The van der Waals surface area contributed by atoms with Crippen LogP contribution >= 0.6 is 0 Å². The van der Waals surface area contributed by atoms with Crippen LogP contribution in [0.4, 0.5) is 0 Å². The summed E-state index contributed by atoms with van der Waals surface area (Å²) in [5.74, 6) is 0. The van der Waals surface area contributed by atoms with E-state index in [4.69, 9.17) is 4.74 Å². The number of hydrogen-bond acceptors (Lipinski definition) is 1. The Morgan fingerprint density at radius 3 is 2.33 bits per heavy atom. The minimum Gasteiger partial charge on any atom is -0.381 e. The van der Waals surface area contributed by atoms with Gasteiger partial charge in [-0.3, -0.25) is 0 Å². The Labute approximate surface area is 112 Å². The minimum atomic E-state index is 0.457. The normalized spacial score (nSPS) is 22.6. The second-order valence-electron chi connectivity index (χ2n) is 6.06. The standard InChI is InChI=1S/C17H26O/c1-5-6-14(4)16-12-17(7-9-18-10-8-17)11-15(16)13(2)3/h2,4-12H2,1,3H3. The average Bonchev–Trinajstić information content (AvgIpc) is 2.70. The molecule has 0 saturated carbocycles. The molecule has 0 unspecified atom stereocenters. The largest absolute Gasteiger partial charge is 0.381 e. The zero-order valence-electron chi connectivity index (χ0n) is 12.0. The van der Waals surface area contributed by atoms with E-state index in [9.17, 15) is 0 Å². The SMILES string of the molecule is C=C(C)C1=C(C(=C)CCC)CC2(CCOCC2)C1. The molecule has 1 fully saturated rings. The summed E-state index contributed by atoms with van der Waals surface area (Å²) in [5.41, 5.74) is 6.06. The third-order valence-corrected chi connectivity index (χ3v) is 4.52. The fourth-order valence-electron chi connectivity index (χ4n) is 3.38. The first-order valence-corrected chi connectivity index (χ1v) is 7.22. The number of hydrogen-bond donors (Lipinski definition) is 0. The van der Waals surface area contributed by atoms with Gasteiger partial charge in [0, 0.05) is 13.2 Å². The number of rotatable bonds is 4. The topological polar surface area (TPSA) is 9.23 Å². The molecule has 1 heterocycles. The predicted octanol–water partition coefficient (Wildman–Crippen LogP) is 4.81. The summed E-state index contributed by atoms with van der Waals surface area (Å²) < 4.78 is 5.53. The van der Waals surface area contributed by atoms with Crippen molar-refractivity contribution in [1.29, 1.82) is 0 Å². The molecule has 0 atom stereocenters. The molecule has 0 aromatic carbocycles. The van der Waals surface area contributed by atoms with Crippen molar-refractivity contribution >= 4 is 0 Å². The summed E-state index contributed by atoms with van der Waals surface area (Å²) in [7, 11) is 0. The van der Waals surface area contributed by atoms with Gasteiger partial charge >= 0.3 is 0 Å². The van der Waals surface area contributed by atoms with Crippen LogP contribution in [0.3, 0.4) is 0 Å². The second kappa shape index (κ2) is 5.44. The molecule has 1 saturated heterocycles. The first-order valence-electron chi connectivity index (χ1n) is 7.22. The van der Waals surface area contributed by atoms with Crippen molar-refractivity contribution in [2.45, 2.75) is 52.4 Å². The lowest BCUT2D eigenvalue weighted by Gasteiger charge is -2.34. The molecule has 0 N–H and O–H groups in total. The Kier molecular flexibility index (Phi) is 4.11. The van der Waals surface area contributed by atoms with E-state index in [-0.39, 0.29) is 0 Å². The Balaban J connectivity index is 2.20.